The minimum atomic E-state index is 0.418. The van der Waals surface area contributed by atoms with Gasteiger partial charge >= 0.3 is 0 Å². The third kappa shape index (κ3) is 2.76. The monoisotopic (exact) mass is 346 g/mol. The molecule has 2 aliphatic rings. The van der Waals surface area contributed by atoms with Gasteiger partial charge in [-0.2, -0.15) is 0 Å². The van der Waals surface area contributed by atoms with E-state index in [9.17, 15) is 0 Å². The van der Waals surface area contributed by atoms with Crippen LogP contribution in [0.3, 0.4) is 0 Å². The van der Waals surface area contributed by atoms with E-state index in [0.29, 0.717) is 5.92 Å². The van der Waals surface area contributed by atoms with Gasteiger partial charge in [-0.05, 0) is 18.2 Å². The number of rotatable bonds is 3. The summed E-state index contributed by atoms with van der Waals surface area (Å²) in [6, 6.07) is 12.5. The highest BCUT2D eigenvalue weighted by atomic mass is 15.3. The van der Waals surface area contributed by atoms with Crippen LogP contribution in [0.15, 0.2) is 48.8 Å². The van der Waals surface area contributed by atoms with E-state index in [-0.39, 0.29) is 0 Å². The molecule has 6 heteroatoms. The molecule has 2 saturated heterocycles. The molecular formula is C20H22N6. The summed E-state index contributed by atoms with van der Waals surface area (Å²) in [7, 11) is 0. The molecular weight excluding hydrogens is 324 g/mol. The number of benzene rings is 1. The fraction of sp³-hybridized carbons (Fsp3) is 0.350. The van der Waals surface area contributed by atoms with E-state index >= 15 is 0 Å². The van der Waals surface area contributed by atoms with Crippen molar-refractivity contribution >= 4 is 22.5 Å². The van der Waals surface area contributed by atoms with Crippen LogP contribution in [0.4, 0.5) is 11.6 Å². The van der Waals surface area contributed by atoms with Crippen molar-refractivity contribution in [3.05, 3.63) is 54.5 Å². The molecule has 2 aliphatic heterocycles. The predicted octanol–water partition coefficient (Wildman–Crippen LogP) is 2.04. The Morgan fingerprint density at radius 3 is 2.58 bits per heavy atom. The second kappa shape index (κ2) is 6.53. The Labute approximate surface area is 152 Å². The van der Waals surface area contributed by atoms with E-state index in [1.807, 2.05) is 18.5 Å². The van der Waals surface area contributed by atoms with Crippen molar-refractivity contribution in [1.29, 1.82) is 0 Å². The van der Waals surface area contributed by atoms with Crippen LogP contribution in [0.25, 0.3) is 10.9 Å². The number of fused-ring (bicyclic) bond motifs is 1. The summed E-state index contributed by atoms with van der Waals surface area (Å²) in [6.45, 7) is 5.90. The number of piperazine rings is 1. The van der Waals surface area contributed by atoms with Gasteiger partial charge in [0.05, 0.1) is 11.2 Å². The Hall–Kier alpha value is -2.73. The van der Waals surface area contributed by atoms with Gasteiger partial charge < -0.3 is 15.1 Å². The number of pyridine rings is 1. The topological polar surface area (TPSA) is 57.2 Å². The van der Waals surface area contributed by atoms with Gasteiger partial charge in [-0.3, -0.25) is 4.98 Å². The van der Waals surface area contributed by atoms with Gasteiger partial charge in [-0.1, -0.05) is 18.2 Å². The number of nitrogens with zero attached hydrogens (tertiary/aromatic N) is 5. The third-order valence-electron chi connectivity index (χ3n) is 5.30. The van der Waals surface area contributed by atoms with Gasteiger partial charge in [0, 0.05) is 63.0 Å². The van der Waals surface area contributed by atoms with Crippen molar-refractivity contribution in [2.75, 3.05) is 49.1 Å². The minimum Gasteiger partial charge on any atom is -0.355 e. The second-order valence-electron chi connectivity index (χ2n) is 6.97. The highest BCUT2D eigenvalue weighted by Gasteiger charge is 2.33. The Kier molecular flexibility index (Phi) is 3.90. The van der Waals surface area contributed by atoms with Crippen LogP contribution >= 0.6 is 0 Å². The number of nitrogens with one attached hydrogen (secondary N) is 1. The molecule has 0 atom stereocenters. The Bertz CT molecular complexity index is 915. The van der Waals surface area contributed by atoms with Crippen LogP contribution in [0, 0.1) is 0 Å². The standard InChI is InChI=1S/C20H22N6/c1-2-4-17-15(3-1)5-6-18(24-17)26-13-16(14-26)19-20(23-8-7-22-19)25-11-9-21-10-12-25/h1-8,16,21H,9-14H2. The molecule has 0 saturated carbocycles. The van der Waals surface area contributed by atoms with E-state index in [1.54, 1.807) is 0 Å². The number of hydrogen-bond donors (Lipinski definition) is 1. The first-order valence-corrected chi connectivity index (χ1v) is 9.26. The molecule has 0 unspecified atom stereocenters. The predicted molar refractivity (Wildman–Crippen MR) is 104 cm³/mol. The molecule has 4 heterocycles. The minimum absolute atomic E-state index is 0.418. The average Bonchev–Trinajstić information content (AvgIpc) is 2.68. The maximum absolute atomic E-state index is 4.81. The van der Waals surface area contributed by atoms with Crippen molar-refractivity contribution < 1.29 is 0 Å². The summed E-state index contributed by atoms with van der Waals surface area (Å²) in [6.07, 6.45) is 3.63. The number of aromatic nitrogens is 3. The Balaban J connectivity index is 1.35. The van der Waals surface area contributed by atoms with Gasteiger partial charge in [0.1, 0.15) is 5.82 Å². The zero-order chi connectivity index (χ0) is 17.3. The SMILES string of the molecule is c1ccc2nc(N3CC(c4nccnc4N4CCNCC4)C3)ccc2c1. The fourth-order valence-electron chi connectivity index (χ4n) is 3.82. The number of para-hydroxylation sites is 1. The van der Waals surface area contributed by atoms with Crippen molar-refractivity contribution in [1.82, 2.24) is 20.3 Å². The van der Waals surface area contributed by atoms with Gasteiger partial charge in [0.2, 0.25) is 0 Å². The molecule has 1 aromatic carbocycles. The molecule has 2 aromatic heterocycles. The normalized spacial score (nSPS) is 18.2. The van der Waals surface area contributed by atoms with E-state index < -0.39 is 0 Å². The van der Waals surface area contributed by atoms with Crippen LogP contribution in [-0.2, 0) is 0 Å². The zero-order valence-corrected chi connectivity index (χ0v) is 14.7. The first-order chi connectivity index (χ1) is 12.9. The third-order valence-corrected chi connectivity index (χ3v) is 5.30. The highest BCUT2D eigenvalue weighted by Crippen LogP contribution is 2.34. The molecule has 3 aromatic rings. The highest BCUT2D eigenvalue weighted by molar-refractivity contribution is 5.80. The Morgan fingerprint density at radius 2 is 1.69 bits per heavy atom. The van der Waals surface area contributed by atoms with Crippen molar-refractivity contribution in [3.63, 3.8) is 0 Å². The summed E-state index contributed by atoms with van der Waals surface area (Å²) >= 11 is 0. The van der Waals surface area contributed by atoms with Crippen LogP contribution < -0.4 is 15.1 Å². The largest absolute Gasteiger partial charge is 0.355 e. The number of anilines is 2. The van der Waals surface area contributed by atoms with E-state index in [4.69, 9.17) is 4.98 Å². The van der Waals surface area contributed by atoms with E-state index in [2.05, 4.69) is 55.4 Å². The average molecular weight is 346 g/mol. The summed E-state index contributed by atoms with van der Waals surface area (Å²) in [5.74, 6) is 2.53. The quantitative estimate of drug-likeness (QED) is 0.783. The molecule has 0 aliphatic carbocycles. The lowest BCUT2D eigenvalue weighted by molar-refractivity contribution is 0.502. The molecule has 132 valence electrons. The van der Waals surface area contributed by atoms with Crippen molar-refractivity contribution in [2.24, 2.45) is 0 Å². The van der Waals surface area contributed by atoms with E-state index in [0.717, 1.165) is 62.1 Å². The van der Waals surface area contributed by atoms with Crippen molar-refractivity contribution in [3.8, 4) is 0 Å². The first kappa shape index (κ1) is 15.5. The molecule has 0 amide bonds. The summed E-state index contributed by atoms with van der Waals surface area (Å²) in [5.41, 5.74) is 2.18. The van der Waals surface area contributed by atoms with Gasteiger partial charge in [-0.15, -0.1) is 0 Å². The van der Waals surface area contributed by atoms with Gasteiger partial charge in [0.15, 0.2) is 5.82 Å². The second-order valence-corrected chi connectivity index (χ2v) is 6.97. The Morgan fingerprint density at radius 1 is 0.885 bits per heavy atom. The van der Waals surface area contributed by atoms with Crippen LogP contribution in [-0.4, -0.2) is 54.2 Å². The summed E-state index contributed by atoms with van der Waals surface area (Å²) < 4.78 is 0. The molecule has 26 heavy (non-hydrogen) atoms. The molecule has 1 N–H and O–H groups in total. The maximum atomic E-state index is 4.81. The summed E-state index contributed by atoms with van der Waals surface area (Å²) in [4.78, 5) is 18.8. The first-order valence-electron chi connectivity index (χ1n) is 9.26. The molecule has 0 radical (unpaired) electrons. The van der Waals surface area contributed by atoms with Gasteiger partial charge in [0.25, 0.3) is 0 Å². The van der Waals surface area contributed by atoms with Gasteiger partial charge in [-0.25, -0.2) is 9.97 Å². The van der Waals surface area contributed by atoms with Crippen LogP contribution in [0.1, 0.15) is 11.6 Å². The van der Waals surface area contributed by atoms with Crippen molar-refractivity contribution in [2.45, 2.75) is 5.92 Å². The molecule has 2 fully saturated rings. The maximum Gasteiger partial charge on any atom is 0.150 e. The van der Waals surface area contributed by atoms with Crippen LogP contribution in [0.5, 0.6) is 0 Å². The molecule has 6 nitrogen and oxygen atoms in total. The number of hydrogen-bond acceptors (Lipinski definition) is 6. The lowest BCUT2D eigenvalue weighted by Crippen LogP contribution is -2.48. The molecule has 5 rings (SSSR count). The molecule has 0 bridgehead atoms. The summed E-state index contributed by atoms with van der Waals surface area (Å²) in [5, 5.41) is 4.58. The zero-order valence-electron chi connectivity index (χ0n) is 14.7. The fourth-order valence-corrected chi connectivity index (χ4v) is 3.82. The van der Waals surface area contributed by atoms with E-state index in [1.165, 1.54) is 5.39 Å². The molecule has 0 spiro atoms. The lowest BCUT2D eigenvalue weighted by Gasteiger charge is -2.41. The smallest absolute Gasteiger partial charge is 0.150 e. The lowest BCUT2D eigenvalue weighted by atomic mass is 9.95. The van der Waals surface area contributed by atoms with Crippen LogP contribution in [0.2, 0.25) is 0 Å².